The highest BCUT2D eigenvalue weighted by Crippen LogP contribution is 2.26. The van der Waals surface area contributed by atoms with Crippen LogP contribution in [0.15, 0.2) is 76.8 Å². The van der Waals surface area contributed by atoms with E-state index in [-0.39, 0.29) is 17.6 Å². The molecule has 2 aliphatic heterocycles. The molecule has 1 amide bonds. The smallest absolute Gasteiger partial charge is 0.291 e. The second kappa shape index (κ2) is 13.3. The zero-order chi connectivity index (χ0) is 29.4. The Kier molecular flexibility index (Phi) is 9.39. The molecular weight excluding hydrogens is 520 g/mol. The number of ether oxygens (including phenoxy) is 2. The molecule has 4 N–H and O–H groups in total. The number of nitrogens with one attached hydrogen (secondary N) is 2. The maximum absolute atomic E-state index is 13.1. The van der Waals surface area contributed by atoms with Gasteiger partial charge in [0.05, 0.1) is 35.9 Å². The van der Waals surface area contributed by atoms with Gasteiger partial charge in [0, 0.05) is 29.9 Å². The molecule has 1 unspecified atom stereocenters. The molecular formula is C30H32N8O3. The van der Waals surface area contributed by atoms with E-state index in [9.17, 15) is 10.1 Å². The van der Waals surface area contributed by atoms with Gasteiger partial charge in [-0.2, -0.15) is 10.3 Å². The van der Waals surface area contributed by atoms with Crippen LogP contribution in [-0.2, 0) is 14.3 Å². The van der Waals surface area contributed by atoms with E-state index in [2.05, 4.69) is 26.4 Å². The number of pyridine rings is 1. The van der Waals surface area contributed by atoms with Gasteiger partial charge >= 0.3 is 0 Å². The molecule has 0 spiro atoms. The molecule has 1 aromatic heterocycles. The molecule has 5 rings (SSSR count). The Balaban J connectivity index is 0.00000189. The van der Waals surface area contributed by atoms with Gasteiger partial charge in [0.15, 0.2) is 0 Å². The van der Waals surface area contributed by atoms with Crippen molar-refractivity contribution in [2.45, 2.75) is 33.0 Å². The van der Waals surface area contributed by atoms with Gasteiger partial charge in [0.2, 0.25) is 12.1 Å². The number of para-hydroxylation sites is 1. The van der Waals surface area contributed by atoms with E-state index in [0.29, 0.717) is 42.4 Å². The Hall–Kier alpha value is -5.08. The number of nitrogens with two attached hydrogens (primary N) is 1. The summed E-state index contributed by atoms with van der Waals surface area (Å²) in [6.07, 6.45) is 0.106. The first-order valence-corrected chi connectivity index (χ1v) is 13.3. The first kappa shape index (κ1) is 28.9. The maximum Gasteiger partial charge on any atom is 0.291 e. The van der Waals surface area contributed by atoms with E-state index in [4.69, 9.17) is 20.6 Å². The van der Waals surface area contributed by atoms with Crippen LogP contribution in [0, 0.1) is 16.7 Å². The maximum atomic E-state index is 13.1. The molecule has 0 radical (unpaired) electrons. The van der Waals surface area contributed by atoms with Crippen LogP contribution < -0.4 is 16.0 Å². The van der Waals surface area contributed by atoms with Crippen molar-refractivity contribution in [2.24, 2.45) is 15.7 Å². The lowest BCUT2D eigenvalue weighted by molar-refractivity contribution is -0.117. The minimum Gasteiger partial charge on any atom is -0.405 e. The number of benzodiazepines with no additional fused rings is 1. The Morgan fingerprint density at radius 2 is 1.95 bits per heavy atom. The lowest BCUT2D eigenvalue weighted by Crippen LogP contribution is -2.44. The van der Waals surface area contributed by atoms with Crippen molar-refractivity contribution in [3.63, 3.8) is 0 Å². The molecule has 11 heteroatoms. The van der Waals surface area contributed by atoms with E-state index >= 15 is 0 Å². The van der Waals surface area contributed by atoms with Crippen molar-refractivity contribution in [2.75, 3.05) is 30.0 Å². The van der Waals surface area contributed by atoms with Crippen LogP contribution >= 0.6 is 0 Å². The second-order valence-corrected chi connectivity index (χ2v) is 8.97. The van der Waals surface area contributed by atoms with Crippen LogP contribution in [0.1, 0.15) is 43.2 Å². The molecule has 11 nitrogen and oxygen atoms in total. The SMILES string of the molecule is CC.C[C@@H]1COCCN1c1cc(C#N)cnc1C(=N)O/C(N)=N/C1N=C(c2ccccc2)c2ccccc2NC1=O. The summed E-state index contributed by atoms with van der Waals surface area (Å²) in [5, 5.41) is 20.8. The summed E-state index contributed by atoms with van der Waals surface area (Å²) in [6.45, 7) is 7.53. The largest absolute Gasteiger partial charge is 0.405 e. The standard InChI is InChI=1S/C28H26N8O3.C2H6/c1-17-16-38-12-11-36(17)22-13-18(14-29)15-32-24(22)25(30)39-28(31)35-26-27(37)33-21-10-6-5-9-20(21)23(34-26)19-7-3-2-4-8-19;1-2/h2-10,13,15,17,26,30H,11-12,16H2,1H3,(H2,31,35)(H,33,37);1-2H3/t17-,26?;/m1./s1. The number of rotatable bonds is 4. The van der Waals surface area contributed by atoms with Crippen LogP contribution in [0.4, 0.5) is 11.4 Å². The lowest BCUT2D eigenvalue weighted by Gasteiger charge is -2.36. The summed E-state index contributed by atoms with van der Waals surface area (Å²) in [5.74, 6) is -0.871. The highest BCUT2D eigenvalue weighted by molar-refractivity contribution is 6.19. The van der Waals surface area contributed by atoms with Gasteiger partial charge in [-0.1, -0.05) is 62.4 Å². The number of hydrogen-bond acceptors (Lipinski definition) is 9. The van der Waals surface area contributed by atoms with E-state index < -0.39 is 18.1 Å². The van der Waals surface area contributed by atoms with E-state index in [1.54, 1.807) is 12.1 Å². The minimum atomic E-state index is -1.26. The van der Waals surface area contributed by atoms with Crippen LogP contribution in [-0.4, -0.2) is 60.5 Å². The van der Waals surface area contributed by atoms with Crippen molar-refractivity contribution in [1.29, 1.82) is 10.7 Å². The minimum absolute atomic E-state index is 0.00545. The number of amides is 1. The summed E-state index contributed by atoms with van der Waals surface area (Å²) in [7, 11) is 0. The van der Waals surface area contributed by atoms with Gasteiger partial charge in [0.1, 0.15) is 11.8 Å². The number of anilines is 2. The molecule has 2 aliphatic rings. The molecule has 41 heavy (non-hydrogen) atoms. The van der Waals surface area contributed by atoms with Crippen LogP contribution in [0.25, 0.3) is 0 Å². The molecule has 1 fully saturated rings. The number of morpholine rings is 1. The van der Waals surface area contributed by atoms with Gasteiger partial charge in [-0.15, -0.1) is 0 Å². The normalized spacial score (nSPS) is 18.4. The lowest BCUT2D eigenvalue weighted by atomic mass is 10.0. The van der Waals surface area contributed by atoms with Gasteiger partial charge in [0.25, 0.3) is 11.9 Å². The Labute approximate surface area is 238 Å². The molecule has 2 atom stereocenters. The summed E-state index contributed by atoms with van der Waals surface area (Å²) in [5.41, 5.74) is 9.88. The second-order valence-electron chi connectivity index (χ2n) is 8.97. The highest BCUT2D eigenvalue weighted by atomic mass is 16.5. The van der Waals surface area contributed by atoms with E-state index in [1.165, 1.54) is 6.20 Å². The van der Waals surface area contributed by atoms with E-state index in [1.807, 2.05) is 74.2 Å². The van der Waals surface area contributed by atoms with Crippen molar-refractivity contribution in [3.8, 4) is 6.07 Å². The zero-order valence-corrected chi connectivity index (χ0v) is 23.2. The fraction of sp³-hybridized carbons (Fsp3) is 0.267. The topological polar surface area (TPSA) is 162 Å². The third-order valence-electron chi connectivity index (χ3n) is 6.32. The molecule has 0 aliphatic carbocycles. The average molecular weight is 553 g/mol. The highest BCUT2D eigenvalue weighted by Gasteiger charge is 2.28. The number of hydrogen-bond donors (Lipinski definition) is 3. The predicted octanol–water partition coefficient (Wildman–Crippen LogP) is 3.68. The molecule has 1 saturated heterocycles. The first-order chi connectivity index (χ1) is 19.9. The third-order valence-corrected chi connectivity index (χ3v) is 6.32. The molecule has 3 aromatic rings. The predicted molar refractivity (Wildman–Crippen MR) is 158 cm³/mol. The Morgan fingerprint density at radius 1 is 1.22 bits per heavy atom. The van der Waals surface area contributed by atoms with Crippen LogP contribution in [0.5, 0.6) is 0 Å². The molecule has 210 valence electrons. The monoisotopic (exact) mass is 552 g/mol. The number of carbonyl (C=O) groups is 1. The number of benzene rings is 2. The average Bonchev–Trinajstić information content (AvgIpc) is 3.14. The summed E-state index contributed by atoms with van der Waals surface area (Å²) >= 11 is 0. The van der Waals surface area contributed by atoms with Crippen LogP contribution in [0.2, 0.25) is 0 Å². The van der Waals surface area contributed by atoms with Crippen molar-refractivity contribution >= 4 is 34.9 Å². The van der Waals surface area contributed by atoms with Crippen molar-refractivity contribution in [3.05, 3.63) is 89.2 Å². The van der Waals surface area contributed by atoms with Crippen molar-refractivity contribution < 1.29 is 14.3 Å². The first-order valence-electron chi connectivity index (χ1n) is 13.3. The summed E-state index contributed by atoms with van der Waals surface area (Å²) < 4.78 is 11.1. The van der Waals surface area contributed by atoms with Gasteiger partial charge in [-0.3, -0.25) is 10.2 Å². The Morgan fingerprint density at radius 3 is 2.68 bits per heavy atom. The number of nitriles is 1. The molecule has 2 aromatic carbocycles. The van der Waals surface area contributed by atoms with Gasteiger partial charge in [-0.05, 0) is 19.1 Å². The fourth-order valence-electron chi connectivity index (χ4n) is 4.45. The number of carbonyl (C=O) groups excluding carboxylic acids is 1. The number of amidine groups is 1. The van der Waals surface area contributed by atoms with E-state index in [0.717, 1.165) is 11.1 Å². The quantitative estimate of drug-likeness (QED) is 0.328. The Bertz CT molecular complexity index is 1510. The zero-order valence-electron chi connectivity index (χ0n) is 23.2. The summed E-state index contributed by atoms with van der Waals surface area (Å²) in [4.78, 5) is 28.2. The van der Waals surface area contributed by atoms with Crippen molar-refractivity contribution in [1.82, 2.24) is 4.98 Å². The summed E-state index contributed by atoms with van der Waals surface area (Å²) in [6, 6.07) is 20.1. The number of fused-ring (bicyclic) bond motifs is 1. The molecule has 0 saturated carbocycles. The molecule has 0 bridgehead atoms. The fourth-order valence-corrected chi connectivity index (χ4v) is 4.45. The van der Waals surface area contributed by atoms with Crippen LogP contribution in [0.3, 0.4) is 0 Å². The number of aromatic nitrogens is 1. The molecule has 3 heterocycles. The van der Waals surface area contributed by atoms with Gasteiger partial charge in [-0.25, -0.2) is 9.98 Å². The number of nitrogens with zero attached hydrogens (tertiary/aromatic N) is 5. The number of aliphatic imine (C=N–C) groups is 2. The third kappa shape index (κ3) is 6.57. The van der Waals surface area contributed by atoms with Gasteiger partial charge < -0.3 is 25.4 Å².